The number of aromatic nitrogens is 3. The van der Waals surface area contributed by atoms with Crippen LogP contribution in [0.5, 0.6) is 0 Å². The molecule has 2 heterocycles. The van der Waals surface area contributed by atoms with Gasteiger partial charge in [-0.2, -0.15) is 13.9 Å². The van der Waals surface area contributed by atoms with Crippen LogP contribution in [0.1, 0.15) is 17.8 Å². The third-order valence-electron chi connectivity index (χ3n) is 2.13. The predicted molar refractivity (Wildman–Crippen MR) is 61.3 cm³/mol. The molecule has 0 saturated heterocycles. The Morgan fingerprint density at radius 3 is 2.65 bits per heavy atom. The standard InChI is InChI=1S/C10H7F2N3.CH3N/c1-3-7-9-6(2)4-13-5-8(9)15(14-7)10(11)12;1-2/h1,4-5,10H,2H3;2H,1H2. The van der Waals surface area contributed by atoms with Crippen LogP contribution >= 0.6 is 0 Å². The fraction of sp³-hybridized carbons (Fsp3) is 0.182. The molecule has 17 heavy (non-hydrogen) atoms. The fourth-order valence-electron chi connectivity index (χ4n) is 1.49. The molecular weight excluding hydrogens is 226 g/mol. The normalized spacial score (nSPS) is 9.82. The smallest absolute Gasteiger partial charge is 0.317 e. The van der Waals surface area contributed by atoms with Crippen LogP contribution in [0.25, 0.3) is 10.9 Å². The summed E-state index contributed by atoms with van der Waals surface area (Å²) in [4.78, 5) is 3.84. The number of fused-ring (bicyclic) bond motifs is 1. The lowest BCUT2D eigenvalue weighted by Gasteiger charge is -1.99. The summed E-state index contributed by atoms with van der Waals surface area (Å²) < 4.78 is 25.8. The first-order valence-corrected chi connectivity index (χ1v) is 4.58. The van der Waals surface area contributed by atoms with Crippen molar-refractivity contribution in [3.05, 3.63) is 23.7 Å². The number of hydrogen-bond acceptors (Lipinski definition) is 3. The minimum absolute atomic E-state index is 0.227. The van der Waals surface area contributed by atoms with Gasteiger partial charge in [0.15, 0.2) is 0 Å². The van der Waals surface area contributed by atoms with Gasteiger partial charge in [0.05, 0.1) is 11.7 Å². The molecule has 0 aromatic carbocycles. The van der Waals surface area contributed by atoms with Crippen LogP contribution in [-0.2, 0) is 0 Å². The first-order valence-electron chi connectivity index (χ1n) is 4.58. The summed E-state index contributed by atoms with van der Waals surface area (Å²) in [7, 11) is 0. The summed E-state index contributed by atoms with van der Waals surface area (Å²) in [5, 5.41) is 9.72. The Labute approximate surface area is 96.8 Å². The minimum atomic E-state index is -2.71. The van der Waals surface area contributed by atoms with Crippen LogP contribution in [-0.4, -0.2) is 21.5 Å². The molecule has 0 aliphatic carbocycles. The van der Waals surface area contributed by atoms with E-state index in [0.717, 1.165) is 5.56 Å². The van der Waals surface area contributed by atoms with Crippen LogP contribution in [0.15, 0.2) is 12.4 Å². The first-order chi connectivity index (χ1) is 8.15. The lowest BCUT2D eigenvalue weighted by atomic mass is 10.1. The number of nitrogens with zero attached hydrogens (tertiary/aromatic N) is 3. The maximum Gasteiger partial charge on any atom is 0.333 e. The van der Waals surface area contributed by atoms with Crippen molar-refractivity contribution >= 4 is 17.6 Å². The Morgan fingerprint density at radius 1 is 1.47 bits per heavy atom. The van der Waals surface area contributed by atoms with Crippen molar-refractivity contribution in [3.63, 3.8) is 0 Å². The molecule has 0 radical (unpaired) electrons. The van der Waals surface area contributed by atoms with Crippen LogP contribution in [0.4, 0.5) is 8.78 Å². The second-order valence-electron chi connectivity index (χ2n) is 3.07. The van der Waals surface area contributed by atoms with Gasteiger partial charge < -0.3 is 5.41 Å². The summed E-state index contributed by atoms with van der Waals surface area (Å²) in [5.74, 6) is 2.29. The zero-order valence-corrected chi connectivity index (χ0v) is 9.11. The number of pyridine rings is 1. The van der Waals surface area contributed by atoms with E-state index < -0.39 is 6.55 Å². The summed E-state index contributed by atoms with van der Waals surface area (Å²) in [6.07, 6.45) is 8.11. The molecule has 0 atom stereocenters. The van der Waals surface area contributed by atoms with Crippen molar-refractivity contribution in [1.29, 1.82) is 5.41 Å². The van der Waals surface area contributed by atoms with Crippen LogP contribution < -0.4 is 0 Å². The molecule has 0 spiro atoms. The molecule has 1 N–H and O–H groups in total. The third kappa shape index (κ3) is 2.13. The highest BCUT2D eigenvalue weighted by Gasteiger charge is 2.16. The number of aryl methyl sites for hydroxylation is 1. The predicted octanol–water partition coefficient (Wildman–Crippen LogP) is 2.38. The number of hydrogen-bond donors (Lipinski definition) is 1. The van der Waals surface area contributed by atoms with E-state index >= 15 is 0 Å². The fourth-order valence-corrected chi connectivity index (χ4v) is 1.49. The van der Waals surface area contributed by atoms with E-state index in [9.17, 15) is 8.78 Å². The number of halogens is 2. The molecule has 0 aliphatic heterocycles. The van der Waals surface area contributed by atoms with Crippen molar-refractivity contribution in [2.24, 2.45) is 0 Å². The van der Waals surface area contributed by atoms with Gasteiger partial charge >= 0.3 is 6.55 Å². The molecule has 0 amide bonds. The average Bonchev–Trinajstić information content (AvgIpc) is 2.72. The molecule has 0 saturated carbocycles. The van der Waals surface area contributed by atoms with E-state index in [1.165, 1.54) is 6.20 Å². The molecule has 2 aromatic heterocycles. The Kier molecular flexibility index (Phi) is 3.88. The van der Waals surface area contributed by atoms with Gasteiger partial charge in [-0.05, 0) is 25.1 Å². The van der Waals surface area contributed by atoms with Gasteiger partial charge in [-0.15, -0.1) is 6.42 Å². The Bertz CT molecular complexity index is 569. The molecule has 0 aliphatic rings. The van der Waals surface area contributed by atoms with Crippen molar-refractivity contribution in [1.82, 2.24) is 14.8 Å². The molecule has 88 valence electrons. The second kappa shape index (κ2) is 5.16. The van der Waals surface area contributed by atoms with E-state index in [1.807, 2.05) is 0 Å². The van der Waals surface area contributed by atoms with Crippen molar-refractivity contribution in [3.8, 4) is 12.3 Å². The SMILES string of the molecule is C#Cc1nn(C(F)F)c2cncc(C)c12.C=N. The quantitative estimate of drug-likeness (QED) is 0.610. The maximum absolute atomic E-state index is 12.6. The van der Waals surface area contributed by atoms with Crippen LogP contribution in [0, 0.1) is 24.7 Å². The highest BCUT2D eigenvalue weighted by molar-refractivity contribution is 5.86. The zero-order valence-electron chi connectivity index (χ0n) is 9.11. The van der Waals surface area contributed by atoms with E-state index in [-0.39, 0.29) is 11.2 Å². The van der Waals surface area contributed by atoms with E-state index in [4.69, 9.17) is 11.8 Å². The van der Waals surface area contributed by atoms with E-state index in [0.29, 0.717) is 10.1 Å². The first kappa shape index (κ1) is 12.8. The van der Waals surface area contributed by atoms with E-state index in [1.54, 1.807) is 13.1 Å². The molecule has 2 aromatic rings. The number of rotatable bonds is 1. The Morgan fingerprint density at radius 2 is 2.12 bits per heavy atom. The summed E-state index contributed by atoms with van der Waals surface area (Å²) in [6.45, 7) is 1.55. The minimum Gasteiger partial charge on any atom is -0.317 e. The Balaban J connectivity index is 0.000000686. The van der Waals surface area contributed by atoms with Gasteiger partial charge in [-0.3, -0.25) is 4.98 Å². The number of nitrogens with one attached hydrogen (secondary N) is 1. The van der Waals surface area contributed by atoms with Crippen LogP contribution in [0.3, 0.4) is 0 Å². The summed E-state index contributed by atoms with van der Waals surface area (Å²) >= 11 is 0. The third-order valence-corrected chi connectivity index (χ3v) is 2.13. The van der Waals surface area contributed by atoms with Gasteiger partial charge in [0, 0.05) is 11.6 Å². The zero-order chi connectivity index (χ0) is 13.0. The lowest BCUT2D eigenvalue weighted by molar-refractivity contribution is 0.0613. The highest BCUT2D eigenvalue weighted by Crippen LogP contribution is 2.24. The van der Waals surface area contributed by atoms with Crippen molar-refractivity contribution in [2.75, 3.05) is 0 Å². The van der Waals surface area contributed by atoms with Gasteiger partial charge in [0.2, 0.25) is 0 Å². The molecule has 0 bridgehead atoms. The molecule has 0 fully saturated rings. The molecule has 4 nitrogen and oxygen atoms in total. The topological polar surface area (TPSA) is 54.6 Å². The Hall–Kier alpha value is -2.29. The lowest BCUT2D eigenvalue weighted by Crippen LogP contribution is -2.00. The van der Waals surface area contributed by atoms with Gasteiger partial charge in [-0.25, -0.2) is 4.68 Å². The summed E-state index contributed by atoms with van der Waals surface area (Å²) in [5.41, 5.74) is 1.23. The van der Waals surface area contributed by atoms with Gasteiger partial charge in [-0.1, -0.05) is 0 Å². The van der Waals surface area contributed by atoms with Crippen molar-refractivity contribution in [2.45, 2.75) is 13.5 Å². The largest absolute Gasteiger partial charge is 0.333 e. The molecular formula is C11H10F2N4. The van der Waals surface area contributed by atoms with Gasteiger partial charge in [0.25, 0.3) is 0 Å². The van der Waals surface area contributed by atoms with Gasteiger partial charge in [0.1, 0.15) is 5.69 Å². The highest BCUT2D eigenvalue weighted by atomic mass is 19.3. The molecule has 6 heteroatoms. The van der Waals surface area contributed by atoms with Crippen LogP contribution in [0.2, 0.25) is 0 Å². The van der Waals surface area contributed by atoms with E-state index in [2.05, 4.69) is 22.7 Å². The molecule has 2 rings (SSSR count). The maximum atomic E-state index is 12.6. The number of terminal acetylenes is 1. The summed E-state index contributed by atoms with van der Waals surface area (Å²) in [6, 6.07) is 0. The van der Waals surface area contributed by atoms with Crippen molar-refractivity contribution < 1.29 is 8.78 Å². The molecule has 0 unspecified atom stereocenters. The average molecular weight is 236 g/mol. The monoisotopic (exact) mass is 236 g/mol. The number of alkyl halides is 2. The second-order valence-corrected chi connectivity index (χ2v) is 3.07.